The maximum atomic E-state index is 12.9. The molecule has 3 atom stereocenters. The number of alkyl halides is 3. The lowest BCUT2D eigenvalue weighted by Crippen LogP contribution is -2.48. The van der Waals surface area contributed by atoms with Gasteiger partial charge in [0.15, 0.2) is 11.6 Å². The second-order valence-corrected chi connectivity index (χ2v) is 6.87. The smallest absolute Gasteiger partial charge is 0.418 e. The van der Waals surface area contributed by atoms with Crippen LogP contribution in [0.3, 0.4) is 0 Å². The van der Waals surface area contributed by atoms with Gasteiger partial charge in [-0.3, -0.25) is 0 Å². The Morgan fingerprint density at radius 2 is 2.17 bits per heavy atom. The zero-order valence-electron chi connectivity index (χ0n) is 13.7. The van der Waals surface area contributed by atoms with E-state index in [2.05, 4.69) is 24.9 Å². The first-order chi connectivity index (χ1) is 11.3. The molecule has 3 rings (SSSR count). The summed E-state index contributed by atoms with van der Waals surface area (Å²) in [5, 5.41) is 9.49. The predicted molar refractivity (Wildman–Crippen MR) is 82.5 cm³/mol. The molecule has 0 aliphatic carbocycles. The van der Waals surface area contributed by atoms with Crippen molar-refractivity contribution in [2.45, 2.75) is 38.9 Å². The normalized spacial score (nSPS) is 26.9. The van der Waals surface area contributed by atoms with Crippen LogP contribution in [0.1, 0.15) is 32.3 Å². The van der Waals surface area contributed by atoms with Crippen LogP contribution in [-0.4, -0.2) is 24.2 Å². The van der Waals surface area contributed by atoms with Crippen molar-refractivity contribution in [1.29, 1.82) is 5.26 Å². The van der Waals surface area contributed by atoms with Crippen LogP contribution in [-0.2, 0) is 6.18 Å². The Hall–Kier alpha value is -1.97. The summed E-state index contributed by atoms with van der Waals surface area (Å²) < 4.78 is 44.2. The van der Waals surface area contributed by atoms with E-state index >= 15 is 0 Å². The largest absolute Gasteiger partial charge is 0.490 e. The van der Waals surface area contributed by atoms with Gasteiger partial charge in [-0.1, -0.05) is 13.8 Å². The molecule has 1 saturated heterocycles. The SMILES string of the molecule is CC(C)C1CC2CCOc3cc(C(F)(F)F)cnc3N2CC1C#N. The zero-order chi connectivity index (χ0) is 17.5. The number of hydrogen-bond donors (Lipinski definition) is 0. The third-order valence-corrected chi connectivity index (χ3v) is 5.06. The van der Waals surface area contributed by atoms with Gasteiger partial charge in [0.25, 0.3) is 0 Å². The molecule has 4 nitrogen and oxygen atoms in total. The molecular weight excluding hydrogens is 319 g/mol. The maximum Gasteiger partial charge on any atom is 0.418 e. The fraction of sp³-hybridized carbons (Fsp3) is 0.647. The molecule has 1 aromatic rings. The summed E-state index contributed by atoms with van der Waals surface area (Å²) >= 11 is 0. The summed E-state index contributed by atoms with van der Waals surface area (Å²) in [5.41, 5.74) is -0.811. The van der Waals surface area contributed by atoms with Gasteiger partial charge < -0.3 is 9.64 Å². The molecule has 2 aliphatic heterocycles. The number of hydrogen-bond acceptors (Lipinski definition) is 4. The van der Waals surface area contributed by atoms with Crippen LogP contribution in [0.25, 0.3) is 0 Å². The summed E-state index contributed by atoms with van der Waals surface area (Å²) in [7, 11) is 0. The average Bonchev–Trinajstić information content (AvgIpc) is 2.70. The number of aromatic nitrogens is 1. The highest BCUT2D eigenvalue weighted by molar-refractivity contribution is 5.56. The Morgan fingerprint density at radius 3 is 2.79 bits per heavy atom. The molecule has 3 heterocycles. The monoisotopic (exact) mass is 339 g/mol. The Balaban J connectivity index is 1.95. The van der Waals surface area contributed by atoms with E-state index in [0.717, 1.165) is 25.1 Å². The first-order valence-corrected chi connectivity index (χ1v) is 8.17. The van der Waals surface area contributed by atoms with Crippen molar-refractivity contribution in [3.05, 3.63) is 17.8 Å². The number of nitrogens with zero attached hydrogens (tertiary/aromatic N) is 3. The zero-order valence-corrected chi connectivity index (χ0v) is 13.7. The summed E-state index contributed by atoms with van der Waals surface area (Å²) in [6.07, 6.45) is -2.04. The van der Waals surface area contributed by atoms with E-state index in [0.29, 0.717) is 24.9 Å². The van der Waals surface area contributed by atoms with Crippen molar-refractivity contribution in [2.75, 3.05) is 18.1 Å². The van der Waals surface area contributed by atoms with Crippen molar-refractivity contribution in [1.82, 2.24) is 4.98 Å². The van der Waals surface area contributed by atoms with Gasteiger partial charge in [0.2, 0.25) is 0 Å². The lowest BCUT2D eigenvalue weighted by molar-refractivity contribution is -0.137. The van der Waals surface area contributed by atoms with E-state index in [1.54, 1.807) is 0 Å². The van der Waals surface area contributed by atoms with Crippen LogP contribution in [0.4, 0.5) is 19.0 Å². The van der Waals surface area contributed by atoms with E-state index in [1.165, 1.54) is 0 Å². The highest BCUT2D eigenvalue weighted by Gasteiger charge is 2.40. The second kappa shape index (κ2) is 6.15. The standard InChI is InChI=1S/C17H20F3N3O/c1-10(2)14-6-13-3-4-24-15-5-12(17(18,19)20)8-22-16(15)23(13)9-11(14)7-21/h5,8,10-11,13-14H,3-4,6,9H2,1-2H3. The molecule has 0 saturated carbocycles. The van der Waals surface area contributed by atoms with Crippen LogP contribution in [0.15, 0.2) is 12.3 Å². The van der Waals surface area contributed by atoms with E-state index < -0.39 is 11.7 Å². The summed E-state index contributed by atoms with van der Waals surface area (Å²) in [4.78, 5) is 6.01. The topological polar surface area (TPSA) is 49.1 Å². The lowest BCUT2D eigenvalue weighted by atomic mass is 9.75. The molecule has 0 amide bonds. The van der Waals surface area contributed by atoms with Gasteiger partial charge in [0, 0.05) is 25.2 Å². The third-order valence-electron chi connectivity index (χ3n) is 5.06. The maximum absolute atomic E-state index is 12.9. The molecule has 24 heavy (non-hydrogen) atoms. The van der Waals surface area contributed by atoms with Gasteiger partial charge in [-0.15, -0.1) is 0 Å². The molecule has 0 radical (unpaired) electrons. The third kappa shape index (κ3) is 3.02. The molecule has 1 aromatic heterocycles. The first-order valence-electron chi connectivity index (χ1n) is 8.17. The number of ether oxygens (including phenoxy) is 1. The molecule has 0 N–H and O–H groups in total. The fourth-order valence-corrected chi connectivity index (χ4v) is 3.73. The highest BCUT2D eigenvalue weighted by atomic mass is 19.4. The molecule has 7 heteroatoms. The van der Waals surface area contributed by atoms with Gasteiger partial charge in [0.05, 0.1) is 24.2 Å². The molecule has 0 aromatic carbocycles. The minimum Gasteiger partial charge on any atom is -0.490 e. The Kier molecular flexibility index (Phi) is 4.33. The molecule has 2 aliphatic rings. The Bertz CT molecular complexity index is 653. The number of piperidine rings is 1. The predicted octanol–water partition coefficient (Wildman–Crippen LogP) is 3.87. The molecule has 1 fully saturated rings. The quantitative estimate of drug-likeness (QED) is 0.779. The van der Waals surface area contributed by atoms with E-state index in [9.17, 15) is 18.4 Å². The van der Waals surface area contributed by atoms with Gasteiger partial charge in [-0.2, -0.15) is 18.4 Å². The van der Waals surface area contributed by atoms with Crippen LogP contribution in [0, 0.1) is 29.1 Å². The minimum atomic E-state index is -4.45. The van der Waals surface area contributed by atoms with Gasteiger partial charge in [-0.05, 0) is 24.3 Å². The van der Waals surface area contributed by atoms with Crippen molar-refractivity contribution >= 4 is 5.82 Å². The summed E-state index contributed by atoms with van der Waals surface area (Å²) in [5.74, 6) is 1.10. The van der Waals surface area contributed by atoms with Crippen LogP contribution in [0.5, 0.6) is 5.75 Å². The van der Waals surface area contributed by atoms with E-state index in [4.69, 9.17) is 4.74 Å². The van der Waals surface area contributed by atoms with Gasteiger partial charge in [0.1, 0.15) is 0 Å². The van der Waals surface area contributed by atoms with Crippen LogP contribution < -0.4 is 9.64 Å². The Morgan fingerprint density at radius 1 is 1.42 bits per heavy atom. The lowest BCUT2D eigenvalue weighted by Gasteiger charge is -2.43. The number of fused-ring (bicyclic) bond motifs is 3. The van der Waals surface area contributed by atoms with Crippen molar-refractivity contribution < 1.29 is 17.9 Å². The van der Waals surface area contributed by atoms with Crippen molar-refractivity contribution in [3.8, 4) is 11.8 Å². The molecule has 3 unspecified atom stereocenters. The second-order valence-electron chi connectivity index (χ2n) is 6.87. The van der Waals surface area contributed by atoms with Gasteiger partial charge in [-0.25, -0.2) is 4.98 Å². The molecule has 0 bridgehead atoms. The van der Waals surface area contributed by atoms with Crippen LogP contribution in [0.2, 0.25) is 0 Å². The number of halogens is 3. The van der Waals surface area contributed by atoms with E-state index in [-0.39, 0.29) is 23.6 Å². The molecular formula is C17H20F3N3O. The summed E-state index contributed by atoms with van der Waals surface area (Å²) in [6.45, 7) is 5.07. The fourth-order valence-electron chi connectivity index (χ4n) is 3.73. The first kappa shape index (κ1) is 16.9. The number of pyridine rings is 1. The summed E-state index contributed by atoms with van der Waals surface area (Å²) in [6, 6.07) is 3.53. The molecule has 130 valence electrons. The number of anilines is 1. The van der Waals surface area contributed by atoms with Gasteiger partial charge >= 0.3 is 6.18 Å². The highest BCUT2D eigenvalue weighted by Crippen LogP contribution is 2.42. The molecule has 0 spiro atoms. The van der Waals surface area contributed by atoms with Crippen molar-refractivity contribution in [2.24, 2.45) is 17.8 Å². The average molecular weight is 339 g/mol. The number of rotatable bonds is 1. The van der Waals surface area contributed by atoms with E-state index in [1.807, 2.05) is 4.90 Å². The Labute approximate surface area is 139 Å². The minimum absolute atomic E-state index is 0.146. The van der Waals surface area contributed by atoms with Crippen molar-refractivity contribution in [3.63, 3.8) is 0 Å². The van der Waals surface area contributed by atoms with Crippen LogP contribution >= 0.6 is 0 Å². The number of nitriles is 1.